The Hall–Kier alpha value is -4.06. The number of carboxylic acid groups (broad SMARTS) is 1. The van der Waals surface area contributed by atoms with Crippen molar-refractivity contribution in [3.8, 4) is 5.75 Å². The van der Waals surface area contributed by atoms with Crippen LogP contribution in [0.25, 0.3) is 5.65 Å². The molecule has 3 aromatic rings. The number of benzene rings is 1. The number of anilines is 3. The maximum absolute atomic E-state index is 14.0. The summed E-state index contributed by atoms with van der Waals surface area (Å²) in [6, 6.07) is 8.32. The van der Waals surface area contributed by atoms with E-state index in [0.717, 1.165) is 6.42 Å². The molecule has 0 radical (unpaired) electrons. The highest BCUT2D eigenvalue weighted by Gasteiger charge is 2.42. The molecule has 0 bridgehead atoms. The number of carbonyl (C=O) groups excluding carboxylic acids is 1. The number of rotatable bonds is 9. The Labute approximate surface area is 259 Å². The van der Waals surface area contributed by atoms with E-state index in [0.29, 0.717) is 66.7 Å². The predicted molar refractivity (Wildman–Crippen MR) is 169 cm³/mol. The lowest BCUT2D eigenvalue weighted by Crippen LogP contribution is -2.58. The number of amides is 2. The Morgan fingerprint density at radius 3 is 2.41 bits per heavy atom. The fourth-order valence-electron chi connectivity index (χ4n) is 5.88. The van der Waals surface area contributed by atoms with Gasteiger partial charge in [-0.25, -0.2) is 19.5 Å². The van der Waals surface area contributed by atoms with Crippen molar-refractivity contribution >= 4 is 35.2 Å². The zero-order chi connectivity index (χ0) is 32.2. The summed E-state index contributed by atoms with van der Waals surface area (Å²) in [5.74, 6) is 1.59. The van der Waals surface area contributed by atoms with E-state index in [1.807, 2.05) is 27.7 Å². The molecule has 44 heavy (non-hydrogen) atoms. The lowest BCUT2D eigenvalue weighted by Gasteiger charge is -2.47. The van der Waals surface area contributed by atoms with Gasteiger partial charge < -0.3 is 29.9 Å². The number of fused-ring (bicyclic) bond motifs is 1. The molecule has 240 valence electrons. The average molecular weight is 611 g/mol. The summed E-state index contributed by atoms with van der Waals surface area (Å²) in [4.78, 5) is 34.2. The van der Waals surface area contributed by atoms with Crippen LogP contribution in [-0.2, 0) is 11.2 Å². The van der Waals surface area contributed by atoms with Gasteiger partial charge in [-0.2, -0.15) is 9.61 Å². The standard InChI is InChI=1S/C32H46N6O6/c1-8-43-22-15-13-21(14-16-22)37(30(42)44-32(5,6)7)28-23(11-10-20-39)27(35-25-17-18-33-38(25)28)34-24-12-9-19-36(29(40)41)26(24)31(2,3)4/h13-18,24,26,39H,8-12,19-20H2,1-7H3,(H,34,35)(H,40,41). The Morgan fingerprint density at radius 2 is 1.82 bits per heavy atom. The van der Waals surface area contributed by atoms with Crippen molar-refractivity contribution in [2.24, 2.45) is 5.41 Å². The molecule has 0 saturated carbocycles. The summed E-state index contributed by atoms with van der Waals surface area (Å²) in [6.45, 7) is 14.3. The van der Waals surface area contributed by atoms with Gasteiger partial charge in [-0.3, -0.25) is 0 Å². The SMILES string of the molecule is CCOc1ccc(N(C(=O)OC(C)(C)C)c2c(CCCO)c(NC3CCCN(C(=O)O)C3C(C)(C)C)nc3ccnn23)cc1. The zero-order valence-electron chi connectivity index (χ0n) is 26.8. The number of nitrogens with one attached hydrogen (secondary N) is 1. The first kappa shape index (κ1) is 32.8. The minimum Gasteiger partial charge on any atom is -0.494 e. The molecule has 1 aromatic carbocycles. The van der Waals surface area contributed by atoms with Crippen LogP contribution in [0.1, 0.15) is 73.3 Å². The van der Waals surface area contributed by atoms with Crippen LogP contribution in [0.5, 0.6) is 5.75 Å². The molecule has 0 aliphatic carbocycles. The molecule has 1 aliphatic heterocycles. The number of aliphatic hydroxyl groups is 1. The molecule has 12 heteroatoms. The summed E-state index contributed by atoms with van der Waals surface area (Å²) < 4.78 is 13.2. The van der Waals surface area contributed by atoms with Gasteiger partial charge in [-0.05, 0) is 83.1 Å². The van der Waals surface area contributed by atoms with E-state index >= 15 is 0 Å². The van der Waals surface area contributed by atoms with Crippen LogP contribution in [0.4, 0.5) is 26.9 Å². The van der Waals surface area contributed by atoms with E-state index in [1.165, 1.54) is 9.80 Å². The van der Waals surface area contributed by atoms with E-state index in [1.54, 1.807) is 61.8 Å². The zero-order valence-corrected chi connectivity index (χ0v) is 26.8. The highest BCUT2D eigenvalue weighted by molar-refractivity contribution is 5.97. The van der Waals surface area contributed by atoms with Crippen molar-refractivity contribution in [1.29, 1.82) is 0 Å². The summed E-state index contributed by atoms with van der Waals surface area (Å²) in [5, 5.41) is 28.1. The molecule has 2 amide bonds. The highest BCUT2D eigenvalue weighted by Crippen LogP contribution is 2.39. The lowest BCUT2D eigenvalue weighted by atomic mass is 9.77. The van der Waals surface area contributed by atoms with E-state index in [-0.39, 0.29) is 24.1 Å². The molecule has 12 nitrogen and oxygen atoms in total. The van der Waals surface area contributed by atoms with Gasteiger partial charge in [0.25, 0.3) is 0 Å². The van der Waals surface area contributed by atoms with Crippen LogP contribution in [0.2, 0.25) is 0 Å². The van der Waals surface area contributed by atoms with Crippen molar-refractivity contribution in [2.45, 2.75) is 91.8 Å². The molecular weight excluding hydrogens is 564 g/mol. The number of hydrogen-bond acceptors (Lipinski definition) is 8. The van der Waals surface area contributed by atoms with Gasteiger partial charge in [0.1, 0.15) is 17.2 Å². The topological polar surface area (TPSA) is 142 Å². The van der Waals surface area contributed by atoms with Gasteiger partial charge in [0.05, 0.1) is 24.5 Å². The second-order valence-electron chi connectivity index (χ2n) is 13.1. The van der Waals surface area contributed by atoms with E-state index in [4.69, 9.17) is 14.5 Å². The van der Waals surface area contributed by atoms with E-state index < -0.39 is 17.8 Å². The number of aromatic nitrogens is 3. The maximum atomic E-state index is 14.0. The van der Waals surface area contributed by atoms with Crippen LogP contribution < -0.4 is 15.0 Å². The first-order valence-electron chi connectivity index (χ1n) is 15.2. The Kier molecular flexibility index (Phi) is 9.92. The van der Waals surface area contributed by atoms with Crippen LogP contribution >= 0.6 is 0 Å². The van der Waals surface area contributed by atoms with Gasteiger partial charge >= 0.3 is 12.2 Å². The number of likely N-dealkylation sites (tertiary alicyclic amines) is 1. The maximum Gasteiger partial charge on any atom is 0.420 e. The number of hydrogen-bond donors (Lipinski definition) is 3. The molecule has 3 heterocycles. The number of piperidine rings is 1. The fraction of sp³-hybridized carbons (Fsp3) is 0.562. The lowest BCUT2D eigenvalue weighted by molar-refractivity contribution is 0.0518. The molecular formula is C32H46N6O6. The quantitative estimate of drug-likeness (QED) is 0.262. The van der Waals surface area contributed by atoms with Crippen LogP contribution in [0, 0.1) is 5.41 Å². The van der Waals surface area contributed by atoms with Crippen molar-refractivity contribution in [2.75, 3.05) is 30.0 Å². The molecule has 4 rings (SSSR count). The van der Waals surface area contributed by atoms with Crippen LogP contribution in [0.3, 0.4) is 0 Å². The second kappa shape index (κ2) is 13.3. The minimum absolute atomic E-state index is 0.0770. The molecule has 1 fully saturated rings. The largest absolute Gasteiger partial charge is 0.494 e. The third-order valence-corrected chi connectivity index (χ3v) is 7.47. The van der Waals surface area contributed by atoms with Crippen molar-refractivity contribution in [3.63, 3.8) is 0 Å². The number of nitrogens with zero attached hydrogens (tertiary/aromatic N) is 5. The Morgan fingerprint density at radius 1 is 1.11 bits per heavy atom. The molecule has 1 saturated heterocycles. The summed E-state index contributed by atoms with van der Waals surface area (Å²) in [5.41, 5.74) is 0.522. The minimum atomic E-state index is -0.955. The van der Waals surface area contributed by atoms with Gasteiger partial charge in [0.2, 0.25) is 0 Å². The van der Waals surface area contributed by atoms with Gasteiger partial charge in [-0.1, -0.05) is 20.8 Å². The number of aliphatic hydroxyl groups excluding tert-OH is 1. The van der Waals surface area contributed by atoms with E-state index in [9.17, 15) is 19.8 Å². The monoisotopic (exact) mass is 610 g/mol. The molecule has 2 aromatic heterocycles. The Bertz CT molecular complexity index is 1440. The fourth-order valence-corrected chi connectivity index (χ4v) is 5.88. The molecule has 2 unspecified atom stereocenters. The first-order valence-corrected chi connectivity index (χ1v) is 15.2. The van der Waals surface area contributed by atoms with Gasteiger partial charge in [-0.15, -0.1) is 0 Å². The molecule has 1 aliphatic rings. The third kappa shape index (κ3) is 7.35. The summed E-state index contributed by atoms with van der Waals surface area (Å²) in [6.07, 6.45) is 2.24. The smallest absolute Gasteiger partial charge is 0.420 e. The highest BCUT2D eigenvalue weighted by atomic mass is 16.6. The third-order valence-electron chi connectivity index (χ3n) is 7.47. The van der Waals surface area contributed by atoms with Crippen LogP contribution in [0.15, 0.2) is 36.5 Å². The summed E-state index contributed by atoms with van der Waals surface area (Å²) >= 11 is 0. The average Bonchev–Trinajstić information content (AvgIpc) is 3.40. The second-order valence-corrected chi connectivity index (χ2v) is 13.1. The van der Waals surface area contributed by atoms with Crippen molar-refractivity contribution in [3.05, 3.63) is 42.1 Å². The van der Waals surface area contributed by atoms with Crippen molar-refractivity contribution in [1.82, 2.24) is 19.5 Å². The first-order chi connectivity index (χ1) is 20.7. The molecule has 2 atom stereocenters. The van der Waals surface area contributed by atoms with Gasteiger partial charge in [0, 0.05) is 30.8 Å². The van der Waals surface area contributed by atoms with E-state index in [2.05, 4.69) is 10.4 Å². The number of carbonyl (C=O) groups is 2. The number of ether oxygens (including phenoxy) is 2. The molecule has 3 N–H and O–H groups in total. The van der Waals surface area contributed by atoms with Crippen LogP contribution in [-0.4, -0.2) is 79.3 Å². The molecule has 0 spiro atoms. The predicted octanol–water partition coefficient (Wildman–Crippen LogP) is 6.10. The van der Waals surface area contributed by atoms with Gasteiger partial charge in [0.15, 0.2) is 11.5 Å². The normalized spacial score (nSPS) is 17.4. The summed E-state index contributed by atoms with van der Waals surface area (Å²) in [7, 11) is 0. The Balaban J connectivity index is 1.93. The van der Waals surface area contributed by atoms with Crippen molar-refractivity contribution < 1.29 is 29.3 Å².